The van der Waals surface area contributed by atoms with E-state index in [4.69, 9.17) is 10.00 Å². The van der Waals surface area contributed by atoms with Crippen molar-refractivity contribution < 1.29 is 9.53 Å². The number of hydrogen-bond acceptors (Lipinski definition) is 3. The first-order chi connectivity index (χ1) is 10.2. The van der Waals surface area contributed by atoms with Crippen LogP contribution in [0.1, 0.15) is 17.5 Å². The van der Waals surface area contributed by atoms with E-state index in [1.54, 1.807) is 31.4 Å². The number of rotatable bonds is 5. The Morgan fingerprint density at radius 1 is 1.24 bits per heavy atom. The number of ether oxygens (including phenoxy) is 1. The van der Waals surface area contributed by atoms with E-state index in [9.17, 15) is 4.79 Å². The third kappa shape index (κ3) is 4.36. The quantitative estimate of drug-likeness (QED) is 0.915. The number of anilines is 1. The summed E-state index contributed by atoms with van der Waals surface area (Å²) in [5.41, 5.74) is 2.33. The van der Waals surface area contributed by atoms with Gasteiger partial charge in [0.15, 0.2) is 0 Å². The molecule has 1 N–H and O–H groups in total. The molecule has 0 aliphatic heterocycles. The van der Waals surface area contributed by atoms with Crippen molar-refractivity contribution in [2.75, 3.05) is 12.4 Å². The van der Waals surface area contributed by atoms with Crippen molar-refractivity contribution in [2.24, 2.45) is 0 Å². The number of methoxy groups -OCH3 is 1. The lowest BCUT2D eigenvalue weighted by atomic mass is 10.1. The molecule has 0 radical (unpaired) electrons. The van der Waals surface area contributed by atoms with E-state index in [2.05, 4.69) is 5.32 Å². The normalized spacial score (nSPS) is 9.71. The third-order valence-electron chi connectivity index (χ3n) is 3.07. The standard InChI is InChI=1S/C17H16N2O2/c1-21-16-4-2-3-13(11-16)7-10-17(20)19-15-8-5-14(12-18)6-9-15/h2-6,8-9,11H,7,10H2,1H3,(H,19,20). The lowest BCUT2D eigenvalue weighted by molar-refractivity contribution is -0.116. The zero-order chi connectivity index (χ0) is 15.1. The van der Waals surface area contributed by atoms with Crippen LogP contribution in [0.4, 0.5) is 5.69 Å². The van der Waals surface area contributed by atoms with E-state index in [-0.39, 0.29) is 5.91 Å². The van der Waals surface area contributed by atoms with Crippen molar-refractivity contribution in [3.05, 3.63) is 59.7 Å². The molecule has 1 amide bonds. The van der Waals surface area contributed by atoms with Crippen LogP contribution >= 0.6 is 0 Å². The molecule has 0 bridgehead atoms. The topological polar surface area (TPSA) is 62.1 Å². The van der Waals surface area contributed by atoms with Gasteiger partial charge in [0.25, 0.3) is 0 Å². The van der Waals surface area contributed by atoms with E-state index >= 15 is 0 Å². The molecule has 106 valence electrons. The van der Waals surface area contributed by atoms with E-state index < -0.39 is 0 Å². The second-order valence-corrected chi connectivity index (χ2v) is 4.59. The average molecular weight is 280 g/mol. The summed E-state index contributed by atoms with van der Waals surface area (Å²) in [5.74, 6) is 0.738. The van der Waals surface area contributed by atoms with Gasteiger partial charge in [0, 0.05) is 12.1 Å². The van der Waals surface area contributed by atoms with Gasteiger partial charge in [-0.1, -0.05) is 12.1 Å². The fourth-order valence-corrected chi connectivity index (χ4v) is 1.94. The maximum absolute atomic E-state index is 11.9. The lowest BCUT2D eigenvalue weighted by Crippen LogP contribution is -2.12. The van der Waals surface area contributed by atoms with Crippen LogP contribution in [-0.2, 0) is 11.2 Å². The Bertz CT molecular complexity index is 657. The number of nitrogens with zero attached hydrogens (tertiary/aromatic N) is 1. The summed E-state index contributed by atoms with van der Waals surface area (Å²) in [6.07, 6.45) is 1.05. The second kappa shape index (κ2) is 7.11. The van der Waals surface area contributed by atoms with Gasteiger partial charge in [-0.25, -0.2) is 0 Å². The summed E-state index contributed by atoms with van der Waals surface area (Å²) in [5, 5.41) is 11.5. The summed E-state index contributed by atoms with van der Waals surface area (Å²) >= 11 is 0. The minimum absolute atomic E-state index is 0.0532. The lowest BCUT2D eigenvalue weighted by Gasteiger charge is -2.06. The Labute approximate surface area is 124 Å². The number of nitriles is 1. The Morgan fingerprint density at radius 2 is 2.00 bits per heavy atom. The first-order valence-corrected chi connectivity index (χ1v) is 6.64. The number of amides is 1. The highest BCUT2D eigenvalue weighted by Gasteiger charge is 2.04. The molecular weight excluding hydrogens is 264 g/mol. The summed E-state index contributed by atoms with van der Waals surface area (Å²) in [7, 11) is 1.62. The molecule has 2 aromatic rings. The Hall–Kier alpha value is -2.80. The first kappa shape index (κ1) is 14.6. The molecule has 4 nitrogen and oxygen atoms in total. The van der Waals surface area contributed by atoms with Crippen LogP contribution in [0.25, 0.3) is 0 Å². The number of aryl methyl sites for hydroxylation is 1. The molecule has 0 saturated heterocycles. The molecule has 0 aromatic heterocycles. The largest absolute Gasteiger partial charge is 0.497 e. The van der Waals surface area contributed by atoms with Crippen LogP contribution in [-0.4, -0.2) is 13.0 Å². The number of benzene rings is 2. The van der Waals surface area contributed by atoms with Crippen molar-refractivity contribution in [2.45, 2.75) is 12.8 Å². The highest BCUT2D eigenvalue weighted by molar-refractivity contribution is 5.90. The molecule has 0 aliphatic carbocycles. The Morgan fingerprint density at radius 3 is 2.67 bits per heavy atom. The molecule has 0 heterocycles. The predicted molar refractivity (Wildman–Crippen MR) is 81.1 cm³/mol. The van der Waals surface area contributed by atoms with Gasteiger partial charge in [0.1, 0.15) is 5.75 Å². The van der Waals surface area contributed by atoms with E-state index in [0.29, 0.717) is 24.1 Å². The summed E-state index contributed by atoms with van der Waals surface area (Å²) in [6, 6.07) is 16.5. The van der Waals surface area contributed by atoms with Crippen molar-refractivity contribution in [3.63, 3.8) is 0 Å². The zero-order valence-corrected chi connectivity index (χ0v) is 11.8. The SMILES string of the molecule is COc1cccc(CCC(=O)Nc2ccc(C#N)cc2)c1. The van der Waals surface area contributed by atoms with Crippen molar-refractivity contribution in [3.8, 4) is 11.8 Å². The Balaban J connectivity index is 1.88. The highest BCUT2D eigenvalue weighted by atomic mass is 16.5. The van der Waals surface area contributed by atoms with Gasteiger partial charge in [-0.15, -0.1) is 0 Å². The van der Waals surface area contributed by atoms with Gasteiger partial charge < -0.3 is 10.1 Å². The summed E-state index contributed by atoms with van der Waals surface area (Å²) in [4.78, 5) is 11.9. The van der Waals surface area contributed by atoms with E-state index in [1.165, 1.54) is 0 Å². The van der Waals surface area contributed by atoms with Crippen LogP contribution in [0.15, 0.2) is 48.5 Å². The molecule has 2 rings (SSSR count). The Kier molecular flexibility index (Phi) is 4.94. The highest BCUT2D eigenvalue weighted by Crippen LogP contribution is 2.14. The minimum Gasteiger partial charge on any atom is -0.497 e. The number of hydrogen-bond donors (Lipinski definition) is 1. The van der Waals surface area contributed by atoms with Gasteiger partial charge in [-0.05, 0) is 48.4 Å². The van der Waals surface area contributed by atoms with Crippen LogP contribution in [0.3, 0.4) is 0 Å². The van der Waals surface area contributed by atoms with Crippen molar-refractivity contribution in [1.82, 2.24) is 0 Å². The number of carbonyl (C=O) groups excluding carboxylic acids is 1. The van der Waals surface area contributed by atoms with Crippen LogP contribution in [0.5, 0.6) is 5.75 Å². The van der Waals surface area contributed by atoms with Crippen LogP contribution in [0.2, 0.25) is 0 Å². The van der Waals surface area contributed by atoms with Gasteiger partial charge in [0.05, 0.1) is 18.7 Å². The smallest absolute Gasteiger partial charge is 0.224 e. The van der Waals surface area contributed by atoms with Gasteiger partial charge in [-0.3, -0.25) is 4.79 Å². The predicted octanol–water partition coefficient (Wildman–Crippen LogP) is 3.14. The molecule has 2 aromatic carbocycles. The van der Waals surface area contributed by atoms with Crippen LogP contribution < -0.4 is 10.1 Å². The molecule has 0 unspecified atom stereocenters. The van der Waals surface area contributed by atoms with E-state index in [1.807, 2.05) is 30.3 Å². The molecule has 0 aliphatic rings. The second-order valence-electron chi connectivity index (χ2n) is 4.59. The molecule has 0 fully saturated rings. The number of carbonyl (C=O) groups is 1. The first-order valence-electron chi connectivity index (χ1n) is 6.64. The summed E-state index contributed by atoms with van der Waals surface area (Å²) < 4.78 is 5.15. The average Bonchev–Trinajstić information content (AvgIpc) is 2.54. The van der Waals surface area contributed by atoms with Gasteiger partial charge in [0.2, 0.25) is 5.91 Å². The number of nitrogens with one attached hydrogen (secondary N) is 1. The maximum atomic E-state index is 11.9. The molecule has 0 atom stereocenters. The molecule has 21 heavy (non-hydrogen) atoms. The third-order valence-corrected chi connectivity index (χ3v) is 3.07. The van der Waals surface area contributed by atoms with Gasteiger partial charge >= 0.3 is 0 Å². The molecule has 4 heteroatoms. The van der Waals surface area contributed by atoms with Crippen molar-refractivity contribution in [1.29, 1.82) is 5.26 Å². The van der Waals surface area contributed by atoms with Crippen molar-refractivity contribution >= 4 is 11.6 Å². The molecular formula is C17H16N2O2. The van der Waals surface area contributed by atoms with Crippen LogP contribution in [0, 0.1) is 11.3 Å². The fraction of sp³-hybridized carbons (Fsp3) is 0.176. The fourth-order valence-electron chi connectivity index (χ4n) is 1.94. The van der Waals surface area contributed by atoms with E-state index in [0.717, 1.165) is 11.3 Å². The summed E-state index contributed by atoms with van der Waals surface area (Å²) in [6.45, 7) is 0. The zero-order valence-electron chi connectivity index (χ0n) is 11.8. The maximum Gasteiger partial charge on any atom is 0.224 e. The molecule has 0 saturated carbocycles. The minimum atomic E-state index is -0.0532. The van der Waals surface area contributed by atoms with Gasteiger partial charge in [-0.2, -0.15) is 5.26 Å². The molecule has 0 spiro atoms. The monoisotopic (exact) mass is 280 g/mol.